The Labute approximate surface area is 120 Å². The van der Waals surface area contributed by atoms with Crippen LogP contribution in [-0.2, 0) is 13.6 Å². The van der Waals surface area contributed by atoms with Crippen molar-refractivity contribution < 1.29 is 0 Å². The minimum Gasteiger partial charge on any atom is -0.326 e. The first kappa shape index (κ1) is 14.7. The number of likely N-dealkylation sites (N-methyl/N-ethyl adjacent to an activating group) is 1. The van der Waals surface area contributed by atoms with Crippen LogP contribution in [0.3, 0.4) is 0 Å². The molecule has 2 N–H and O–H groups in total. The number of pyridine rings is 1. The van der Waals surface area contributed by atoms with Crippen molar-refractivity contribution in [1.82, 2.24) is 19.7 Å². The summed E-state index contributed by atoms with van der Waals surface area (Å²) in [4.78, 5) is 6.33. The van der Waals surface area contributed by atoms with E-state index in [1.54, 1.807) is 0 Å². The highest BCUT2D eigenvalue weighted by Crippen LogP contribution is 2.24. The van der Waals surface area contributed by atoms with Crippen LogP contribution < -0.4 is 5.73 Å². The first-order valence-corrected chi connectivity index (χ1v) is 6.95. The molecule has 2 aromatic rings. The van der Waals surface area contributed by atoms with Crippen LogP contribution in [0.25, 0.3) is 0 Å². The van der Waals surface area contributed by atoms with E-state index in [0.717, 1.165) is 13.0 Å². The second-order valence-corrected chi connectivity index (χ2v) is 5.23. The first-order valence-electron chi connectivity index (χ1n) is 6.95. The third-order valence-electron chi connectivity index (χ3n) is 3.60. The Morgan fingerprint density at radius 1 is 1.35 bits per heavy atom. The third-order valence-corrected chi connectivity index (χ3v) is 3.60. The predicted octanol–water partition coefficient (Wildman–Crippen LogP) is 1.73. The van der Waals surface area contributed by atoms with Gasteiger partial charge in [-0.25, -0.2) is 0 Å². The van der Waals surface area contributed by atoms with E-state index in [1.807, 2.05) is 48.6 Å². The molecule has 0 aromatic carbocycles. The zero-order chi connectivity index (χ0) is 14.5. The highest BCUT2D eigenvalue weighted by Gasteiger charge is 2.24. The summed E-state index contributed by atoms with van der Waals surface area (Å²) in [5, 5.41) is 4.27. The zero-order valence-electron chi connectivity index (χ0n) is 12.4. The second-order valence-electron chi connectivity index (χ2n) is 5.23. The van der Waals surface area contributed by atoms with Crippen molar-refractivity contribution in [2.75, 3.05) is 7.05 Å². The maximum Gasteiger partial charge on any atom is 0.0538 e. The lowest BCUT2D eigenvalue weighted by molar-refractivity contribution is 0.201. The van der Waals surface area contributed by atoms with Crippen LogP contribution in [-0.4, -0.2) is 32.8 Å². The highest BCUT2D eigenvalue weighted by atomic mass is 15.2. The van der Waals surface area contributed by atoms with E-state index in [4.69, 9.17) is 5.73 Å². The summed E-state index contributed by atoms with van der Waals surface area (Å²) in [6, 6.07) is 4.33. The molecule has 0 saturated heterocycles. The van der Waals surface area contributed by atoms with Crippen molar-refractivity contribution in [3.8, 4) is 0 Å². The summed E-state index contributed by atoms with van der Waals surface area (Å²) in [6.07, 6.45) is 8.52. The van der Waals surface area contributed by atoms with E-state index in [2.05, 4.69) is 29.0 Å². The fraction of sp³-hybridized carbons (Fsp3) is 0.467. The molecule has 0 fully saturated rings. The normalized spacial score (nSPS) is 14.4. The minimum atomic E-state index is 0.0889. The number of aromatic nitrogens is 3. The Bertz CT molecular complexity index is 522. The van der Waals surface area contributed by atoms with Crippen molar-refractivity contribution in [3.05, 3.63) is 48.0 Å². The summed E-state index contributed by atoms with van der Waals surface area (Å²) >= 11 is 0. The maximum atomic E-state index is 6.32. The number of hydrogen-bond donors (Lipinski definition) is 1. The number of nitrogens with two attached hydrogens (primary N) is 1. The molecule has 20 heavy (non-hydrogen) atoms. The van der Waals surface area contributed by atoms with Gasteiger partial charge in [-0.15, -0.1) is 0 Å². The molecule has 108 valence electrons. The molecule has 2 heterocycles. The Kier molecular flexibility index (Phi) is 4.87. The van der Waals surface area contributed by atoms with Crippen LogP contribution in [0.2, 0.25) is 0 Å². The summed E-state index contributed by atoms with van der Waals surface area (Å²) in [5.74, 6) is 0. The Hall–Kier alpha value is -1.72. The van der Waals surface area contributed by atoms with E-state index >= 15 is 0 Å². The van der Waals surface area contributed by atoms with Crippen LogP contribution in [0.5, 0.6) is 0 Å². The van der Waals surface area contributed by atoms with Gasteiger partial charge in [-0.05, 0) is 31.2 Å². The van der Waals surface area contributed by atoms with Gasteiger partial charge >= 0.3 is 0 Å². The van der Waals surface area contributed by atoms with Gasteiger partial charge in [0.1, 0.15) is 0 Å². The fourth-order valence-corrected chi connectivity index (χ4v) is 2.52. The van der Waals surface area contributed by atoms with Gasteiger partial charge in [0, 0.05) is 43.8 Å². The molecule has 2 aromatic heterocycles. The van der Waals surface area contributed by atoms with Crippen LogP contribution in [0.15, 0.2) is 36.9 Å². The molecular weight excluding hydrogens is 250 g/mol. The van der Waals surface area contributed by atoms with Gasteiger partial charge in [0.25, 0.3) is 0 Å². The van der Waals surface area contributed by atoms with Crippen LogP contribution in [0.4, 0.5) is 0 Å². The first-order chi connectivity index (χ1) is 9.61. The molecule has 2 rings (SSSR count). The van der Waals surface area contributed by atoms with Crippen molar-refractivity contribution >= 4 is 0 Å². The van der Waals surface area contributed by atoms with Crippen molar-refractivity contribution in [2.45, 2.75) is 32.0 Å². The van der Waals surface area contributed by atoms with Gasteiger partial charge in [-0.1, -0.05) is 6.92 Å². The molecule has 0 aliphatic carbocycles. The van der Waals surface area contributed by atoms with E-state index in [1.165, 1.54) is 11.1 Å². The third kappa shape index (κ3) is 3.43. The standard InChI is InChI=1S/C15H23N5/c1-4-14(16)15(13-9-18-20(3)11-13)19(2)10-12-5-7-17-8-6-12/h5-9,11,14-15H,4,10,16H2,1-3H3. The van der Waals surface area contributed by atoms with Gasteiger partial charge in [-0.3, -0.25) is 14.6 Å². The van der Waals surface area contributed by atoms with Gasteiger partial charge < -0.3 is 5.73 Å². The minimum absolute atomic E-state index is 0.0889. The lowest BCUT2D eigenvalue weighted by Gasteiger charge is -2.31. The molecule has 2 atom stereocenters. The molecule has 0 amide bonds. The molecule has 0 bridgehead atoms. The topological polar surface area (TPSA) is 60.0 Å². The average molecular weight is 273 g/mol. The number of aryl methyl sites for hydroxylation is 1. The zero-order valence-corrected chi connectivity index (χ0v) is 12.4. The summed E-state index contributed by atoms with van der Waals surface area (Å²) in [5.41, 5.74) is 8.72. The average Bonchev–Trinajstić information content (AvgIpc) is 2.86. The van der Waals surface area contributed by atoms with E-state index in [0.29, 0.717) is 0 Å². The molecule has 5 heteroatoms. The van der Waals surface area contributed by atoms with Crippen molar-refractivity contribution in [1.29, 1.82) is 0 Å². The number of nitrogens with zero attached hydrogens (tertiary/aromatic N) is 4. The van der Waals surface area contributed by atoms with Crippen LogP contribution in [0, 0.1) is 0 Å². The maximum absolute atomic E-state index is 6.32. The molecule has 0 radical (unpaired) electrons. The lowest BCUT2D eigenvalue weighted by Crippen LogP contribution is -2.38. The monoisotopic (exact) mass is 273 g/mol. The molecular formula is C15H23N5. The smallest absolute Gasteiger partial charge is 0.0538 e. The van der Waals surface area contributed by atoms with Gasteiger partial charge in [-0.2, -0.15) is 5.10 Å². The Morgan fingerprint density at radius 2 is 2.05 bits per heavy atom. The largest absolute Gasteiger partial charge is 0.326 e. The molecule has 2 unspecified atom stereocenters. The molecule has 0 spiro atoms. The molecule has 0 saturated carbocycles. The summed E-state index contributed by atoms with van der Waals surface area (Å²) in [6.45, 7) is 2.96. The second kappa shape index (κ2) is 6.63. The van der Waals surface area contributed by atoms with Crippen LogP contribution >= 0.6 is 0 Å². The summed E-state index contributed by atoms with van der Waals surface area (Å²) in [7, 11) is 4.04. The predicted molar refractivity (Wildman–Crippen MR) is 79.9 cm³/mol. The lowest BCUT2D eigenvalue weighted by atomic mass is 9.99. The van der Waals surface area contributed by atoms with Crippen molar-refractivity contribution in [2.24, 2.45) is 12.8 Å². The van der Waals surface area contributed by atoms with E-state index in [-0.39, 0.29) is 12.1 Å². The van der Waals surface area contributed by atoms with Gasteiger partial charge in [0.2, 0.25) is 0 Å². The van der Waals surface area contributed by atoms with E-state index in [9.17, 15) is 0 Å². The molecule has 0 aliphatic rings. The number of hydrogen-bond acceptors (Lipinski definition) is 4. The molecule has 5 nitrogen and oxygen atoms in total. The van der Waals surface area contributed by atoms with Gasteiger partial charge in [0.05, 0.1) is 12.2 Å². The molecule has 0 aliphatic heterocycles. The van der Waals surface area contributed by atoms with Crippen LogP contribution in [0.1, 0.15) is 30.5 Å². The fourth-order valence-electron chi connectivity index (χ4n) is 2.52. The van der Waals surface area contributed by atoms with Gasteiger partial charge in [0.15, 0.2) is 0 Å². The number of rotatable bonds is 6. The Balaban J connectivity index is 2.18. The van der Waals surface area contributed by atoms with Crippen molar-refractivity contribution in [3.63, 3.8) is 0 Å². The Morgan fingerprint density at radius 3 is 2.60 bits per heavy atom. The van der Waals surface area contributed by atoms with E-state index < -0.39 is 0 Å². The SMILES string of the molecule is CCC(N)C(c1cnn(C)c1)N(C)Cc1ccncc1. The highest BCUT2D eigenvalue weighted by molar-refractivity contribution is 5.15. The quantitative estimate of drug-likeness (QED) is 0.870. The summed E-state index contributed by atoms with van der Waals surface area (Å²) < 4.78 is 1.82.